The van der Waals surface area contributed by atoms with Gasteiger partial charge in [-0.3, -0.25) is 14.4 Å². The number of nitrogens with zero attached hydrogens (tertiary/aromatic N) is 1. The highest BCUT2D eigenvalue weighted by atomic mass is 16.5. The van der Waals surface area contributed by atoms with Crippen LogP contribution in [0.15, 0.2) is 77.9 Å². The van der Waals surface area contributed by atoms with Crippen LogP contribution in [0.5, 0.6) is 5.75 Å². The molecule has 0 spiro atoms. The van der Waals surface area contributed by atoms with E-state index >= 15 is 0 Å². The summed E-state index contributed by atoms with van der Waals surface area (Å²) in [5, 5.41) is 9.16. The maximum absolute atomic E-state index is 12.3. The van der Waals surface area contributed by atoms with Crippen molar-refractivity contribution in [1.82, 2.24) is 10.7 Å². The number of hydrogen-bond acceptors (Lipinski definition) is 5. The van der Waals surface area contributed by atoms with Gasteiger partial charge in [-0.15, -0.1) is 0 Å². The number of anilines is 1. The molecule has 8 nitrogen and oxygen atoms in total. The van der Waals surface area contributed by atoms with Crippen LogP contribution in [0.2, 0.25) is 0 Å². The number of nitrogens with one attached hydrogen (secondary N) is 3. The van der Waals surface area contributed by atoms with E-state index in [1.165, 1.54) is 6.21 Å². The predicted molar refractivity (Wildman–Crippen MR) is 131 cm³/mol. The fourth-order valence-electron chi connectivity index (χ4n) is 3.18. The number of rotatable bonds is 8. The van der Waals surface area contributed by atoms with Gasteiger partial charge in [0.05, 0.1) is 6.21 Å². The average molecular weight is 459 g/mol. The minimum atomic E-state index is -0.890. The Morgan fingerprint density at radius 1 is 0.882 bits per heavy atom. The molecule has 0 aliphatic rings. The second kappa shape index (κ2) is 12.0. The van der Waals surface area contributed by atoms with Crippen LogP contribution in [0.1, 0.15) is 22.3 Å². The highest BCUT2D eigenvalue weighted by Crippen LogP contribution is 2.17. The van der Waals surface area contributed by atoms with Crippen LogP contribution in [-0.2, 0) is 20.9 Å². The van der Waals surface area contributed by atoms with Gasteiger partial charge in [-0.1, -0.05) is 48.5 Å². The van der Waals surface area contributed by atoms with Crippen LogP contribution in [0.25, 0.3) is 0 Å². The summed E-state index contributed by atoms with van der Waals surface area (Å²) in [5.41, 5.74) is 6.40. The van der Waals surface area contributed by atoms with E-state index < -0.39 is 11.8 Å². The Balaban J connectivity index is 1.50. The highest BCUT2D eigenvalue weighted by molar-refractivity contribution is 6.35. The number of hydrazone groups is 1. The fourth-order valence-corrected chi connectivity index (χ4v) is 3.18. The summed E-state index contributed by atoms with van der Waals surface area (Å²) >= 11 is 0. The summed E-state index contributed by atoms with van der Waals surface area (Å²) < 4.78 is 5.63. The van der Waals surface area contributed by atoms with E-state index in [1.54, 1.807) is 24.3 Å². The molecule has 3 rings (SSSR count). The third-order valence-electron chi connectivity index (χ3n) is 4.66. The number of hydrogen-bond donors (Lipinski definition) is 3. The van der Waals surface area contributed by atoms with Crippen molar-refractivity contribution in [2.24, 2.45) is 5.10 Å². The van der Waals surface area contributed by atoms with Gasteiger partial charge in [-0.25, -0.2) is 5.43 Å². The first kappa shape index (κ1) is 24.2. The van der Waals surface area contributed by atoms with Gasteiger partial charge in [0.1, 0.15) is 5.75 Å². The summed E-state index contributed by atoms with van der Waals surface area (Å²) in [4.78, 5) is 36.2. The summed E-state index contributed by atoms with van der Waals surface area (Å²) in [6, 6.07) is 21.9. The minimum absolute atomic E-state index is 0.202. The first-order valence-electron chi connectivity index (χ1n) is 10.7. The molecule has 0 saturated carbocycles. The van der Waals surface area contributed by atoms with Gasteiger partial charge in [-0.05, 0) is 54.8 Å². The Morgan fingerprint density at radius 3 is 2.29 bits per heavy atom. The zero-order chi connectivity index (χ0) is 24.3. The third-order valence-corrected chi connectivity index (χ3v) is 4.66. The van der Waals surface area contributed by atoms with Crippen LogP contribution < -0.4 is 20.8 Å². The van der Waals surface area contributed by atoms with Gasteiger partial charge in [0.15, 0.2) is 6.61 Å². The van der Waals surface area contributed by atoms with E-state index in [2.05, 4.69) is 21.2 Å². The van der Waals surface area contributed by atoms with E-state index in [-0.39, 0.29) is 19.1 Å². The lowest BCUT2D eigenvalue weighted by Crippen LogP contribution is -2.37. The Hall–Kier alpha value is -4.46. The summed E-state index contributed by atoms with van der Waals surface area (Å²) in [5.74, 6) is -1.59. The number of amides is 3. The lowest BCUT2D eigenvalue weighted by Gasteiger charge is -2.10. The van der Waals surface area contributed by atoms with Crippen molar-refractivity contribution in [1.29, 1.82) is 0 Å². The zero-order valence-corrected chi connectivity index (χ0v) is 19.0. The van der Waals surface area contributed by atoms with Gasteiger partial charge >= 0.3 is 11.8 Å². The zero-order valence-electron chi connectivity index (χ0n) is 19.0. The molecule has 0 heterocycles. The molecule has 3 N–H and O–H groups in total. The second-order valence-electron chi connectivity index (χ2n) is 7.62. The molecule has 0 bridgehead atoms. The molecule has 0 aliphatic carbocycles. The first-order chi connectivity index (χ1) is 16.4. The predicted octanol–water partition coefficient (Wildman–Crippen LogP) is 3.09. The summed E-state index contributed by atoms with van der Waals surface area (Å²) in [7, 11) is 0. The van der Waals surface area contributed by atoms with Gasteiger partial charge in [0.25, 0.3) is 5.91 Å². The van der Waals surface area contributed by atoms with Crippen molar-refractivity contribution < 1.29 is 19.1 Å². The van der Waals surface area contributed by atoms with Crippen molar-refractivity contribution in [2.45, 2.75) is 20.4 Å². The van der Waals surface area contributed by atoms with Gasteiger partial charge < -0.3 is 15.4 Å². The van der Waals surface area contributed by atoms with Crippen LogP contribution in [0.3, 0.4) is 0 Å². The maximum Gasteiger partial charge on any atom is 0.329 e. The summed E-state index contributed by atoms with van der Waals surface area (Å²) in [6.45, 7) is 3.95. The normalized spacial score (nSPS) is 10.5. The third kappa shape index (κ3) is 7.59. The highest BCUT2D eigenvalue weighted by Gasteiger charge is 2.12. The minimum Gasteiger partial charge on any atom is -0.483 e. The topological polar surface area (TPSA) is 109 Å². The lowest BCUT2D eigenvalue weighted by molar-refractivity contribution is -0.139. The van der Waals surface area contributed by atoms with Crippen molar-refractivity contribution in [3.8, 4) is 5.75 Å². The number of carbonyl (C=O) groups is 3. The second-order valence-corrected chi connectivity index (χ2v) is 7.62. The molecule has 0 aromatic heterocycles. The molecule has 34 heavy (non-hydrogen) atoms. The number of para-hydroxylation sites is 1. The maximum atomic E-state index is 12.3. The molecule has 174 valence electrons. The fraction of sp³-hybridized carbons (Fsp3) is 0.154. The summed E-state index contributed by atoms with van der Waals surface area (Å²) in [6.07, 6.45) is 1.35. The van der Waals surface area contributed by atoms with Crippen LogP contribution >= 0.6 is 0 Å². The number of benzene rings is 3. The van der Waals surface area contributed by atoms with Gasteiger partial charge in [0, 0.05) is 17.8 Å². The van der Waals surface area contributed by atoms with Crippen LogP contribution in [-0.4, -0.2) is 30.5 Å². The van der Waals surface area contributed by atoms with Gasteiger partial charge in [0.2, 0.25) is 0 Å². The van der Waals surface area contributed by atoms with E-state index in [9.17, 15) is 14.4 Å². The molecule has 0 saturated heterocycles. The van der Waals surface area contributed by atoms with E-state index in [0.717, 1.165) is 16.7 Å². The van der Waals surface area contributed by atoms with Crippen molar-refractivity contribution in [3.05, 3.63) is 95.1 Å². The monoisotopic (exact) mass is 458 g/mol. The molecular weight excluding hydrogens is 432 g/mol. The molecule has 0 atom stereocenters. The average Bonchev–Trinajstić information content (AvgIpc) is 2.81. The molecule has 0 unspecified atom stereocenters. The largest absolute Gasteiger partial charge is 0.483 e. The molecule has 3 amide bonds. The van der Waals surface area contributed by atoms with Gasteiger partial charge in [-0.2, -0.15) is 5.10 Å². The Morgan fingerprint density at radius 2 is 1.56 bits per heavy atom. The SMILES string of the molecule is Cc1cc(C)cc(NC(=O)COc2ccccc2/C=N\NC(=O)C(=O)NCc2ccccc2)c1. The van der Waals surface area contributed by atoms with E-state index in [0.29, 0.717) is 17.0 Å². The molecule has 0 fully saturated rings. The number of aryl methyl sites for hydroxylation is 2. The van der Waals surface area contributed by atoms with Crippen molar-refractivity contribution in [2.75, 3.05) is 11.9 Å². The smallest absolute Gasteiger partial charge is 0.329 e. The Bertz CT molecular complexity index is 1170. The quantitative estimate of drug-likeness (QED) is 0.274. The number of ether oxygens (including phenoxy) is 1. The molecule has 0 aliphatic heterocycles. The van der Waals surface area contributed by atoms with Crippen molar-refractivity contribution in [3.63, 3.8) is 0 Å². The van der Waals surface area contributed by atoms with E-state index in [4.69, 9.17) is 4.74 Å². The Kier molecular flexibility index (Phi) is 8.51. The Labute approximate surface area is 198 Å². The number of carbonyl (C=O) groups excluding carboxylic acids is 3. The molecule has 3 aromatic carbocycles. The molecule has 8 heteroatoms. The first-order valence-corrected chi connectivity index (χ1v) is 10.7. The lowest BCUT2D eigenvalue weighted by atomic mass is 10.1. The van der Waals surface area contributed by atoms with Crippen LogP contribution in [0.4, 0.5) is 5.69 Å². The van der Waals surface area contributed by atoms with Crippen molar-refractivity contribution >= 4 is 29.6 Å². The molecule has 0 radical (unpaired) electrons. The standard InChI is InChI=1S/C26H26N4O4/c1-18-12-19(2)14-22(13-18)29-24(31)17-34-23-11-7-6-10-21(23)16-28-30-26(33)25(32)27-15-20-8-4-3-5-9-20/h3-14,16H,15,17H2,1-2H3,(H,27,32)(H,29,31)(H,30,33)/b28-16-. The molecular formula is C26H26N4O4. The molecule has 3 aromatic rings. The van der Waals surface area contributed by atoms with E-state index in [1.807, 2.05) is 62.4 Å². The van der Waals surface area contributed by atoms with Crippen LogP contribution in [0, 0.1) is 13.8 Å².